The molecule has 1 heterocycles. The summed E-state index contributed by atoms with van der Waals surface area (Å²) in [6, 6.07) is 6.94. The van der Waals surface area contributed by atoms with E-state index in [0.29, 0.717) is 34.9 Å². The lowest BCUT2D eigenvalue weighted by atomic mass is 10.1. The van der Waals surface area contributed by atoms with E-state index < -0.39 is 74.8 Å². The van der Waals surface area contributed by atoms with Crippen LogP contribution in [0.4, 0.5) is 42.5 Å². The number of anilines is 1. The van der Waals surface area contributed by atoms with Gasteiger partial charge >= 0.3 is 11.9 Å². The summed E-state index contributed by atoms with van der Waals surface area (Å²) in [5.74, 6) is -7.64. The van der Waals surface area contributed by atoms with E-state index in [1.54, 1.807) is 0 Å². The van der Waals surface area contributed by atoms with E-state index in [1.165, 1.54) is 31.4 Å². The second-order valence-electron chi connectivity index (χ2n) is 8.49. The van der Waals surface area contributed by atoms with Crippen LogP contribution in [0.2, 0.25) is 0 Å². The number of nitrogens with zero attached hydrogens (tertiary/aromatic N) is 2. The molecule has 0 bridgehead atoms. The third-order valence-corrected chi connectivity index (χ3v) is 6.58. The maximum Gasteiger partial charge on any atom is 0.416 e. The Kier molecular flexibility index (Phi) is 8.65. The Morgan fingerprint density at radius 3 is 2.37 bits per heavy atom. The smallest absolute Gasteiger partial charge is 0.416 e. The minimum absolute atomic E-state index is 0.0462. The van der Waals surface area contributed by atoms with Gasteiger partial charge in [-0.1, -0.05) is 6.07 Å². The zero-order chi connectivity index (χ0) is 31.6. The highest BCUT2D eigenvalue weighted by Crippen LogP contribution is 2.41. The van der Waals surface area contributed by atoms with Crippen LogP contribution in [0.5, 0.6) is 17.2 Å². The summed E-state index contributed by atoms with van der Waals surface area (Å²) in [5.41, 5.74) is -2.66. The molecule has 224 valence electrons. The normalized spacial score (nSPS) is 14.3. The fraction of sp³-hybridized carbons (Fsp3) is 0.115. The van der Waals surface area contributed by atoms with Crippen molar-refractivity contribution in [2.45, 2.75) is 6.18 Å². The molecule has 10 nitrogen and oxygen atoms in total. The average Bonchev–Trinajstić information content (AvgIpc) is 3.20. The fourth-order valence-corrected chi connectivity index (χ4v) is 4.48. The molecule has 3 amide bonds. The number of imide groups is 1. The summed E-state index contributed by atoms with van der Waals surface area (Å²) in [6.45, 7) is -0.873. The number of methoxy groups -OCH3 is 1. The van der Waals surface area contributed by atoms with Crippen LogP contribution in [0.1, 0.15) is 11.1 Å². The second kappa shape index (κ2) is 12.0. The molecule has 1 aliphatic rings. The molecule has 0 saturated carbocycles. The highest BCUT2D eigenvalue weighted by Gasteiger charge is 2.37. The molecule has 4 rings (SSSR count). The van der Waals surface area contributed by atoms with Crippen molar-refractivity contribution in [1.82, 2.24) is 4.90 Å². The molecule has 0 unspecified atom stereocenters. The van der Waals surface area contributed by atoms with Crippen LogP contribution in [0.3, 0.4) is 0 Å². The predicted octanol–water partition coefficient (Wildman–Crippen LogP) is 6.51. The van der Waals surface area contributed by atoms with Crippen molar-refractivity contribution in [3.8, 4) is 17.2 Å². The lowest BCUT2D eigenvalue weighted by molar-refractivity contribution is -0.385. The lowest BCUT2D eigenvalue weighted by Gasteiger charge is -2.13. The molecule has 0 aliphatic carbocycles. The Labute approximate surface area is 241 Å². The zero-order valence-electron chi connectivity index (χ0n) is 21.3. The van der Waals surface area contributed by atoms with Gasteiger partial charge in [-0.05, 0) is 59.8 Å². The number of carbonyl (C=O) groups excluding carboxylic acids is 3. The van der Waals surface area contributed by atoms with E-state index in [1.807, 2.05) is 5.32 Å². The summed E-state index contributed by atoms with van der Waals surface area (Å²) >= 11 is 0.457. The Morgan fingerprint density at radius 1 is 1.02 bits per heavy atom. The van der Waals surface area contributed by atoms with Gasteiger partial charge in [0.2, 0.25) is 11.7 Å². The Hall–Kier alpha value is -5.06. The van der Waals surface area contributed by atoms with Crippen molar-refractivity contribution >= 4 is 46.3 Å². The second-order valence-corrected chi connectivity index (χ2v) is 9.48. The standard InChI is InChI=1S/C26H15F6N3O7S/c1-41-19-8-12(2-6-18(19)42-17-7-3-13(26(30,31)32)10-16(17)35(39)40)9-20-24(37)34(25(38)43-20)11-21(36)33-15-5-4-14(27)22(28)23(15)29/h2-10H,11H2,1H3,(H,33,36)/b20-9+. The van der Waals surface area contributed by atoms with Crippen LogP contribution in [-0.2, 0) is 15.8 Å². The van der Waals surface area contributed by atoms with E-state index in [9.17, 15) is 50.8 Å². The number of hydrogen-bond donors (Lipinski definition) is 1. The van der Waals surface area contributed by atoms with Crippen molar-refractivity contribution in [3.05, 3.63) is 92.1 Å². The van der Waals surface area contributed by atoms with Crippen LogP contribution in [0, 0.1) is 27.6 Å². The molecular formula is C26H15F6N3O7S. The maximum atomic E-state index is 13.8. The number of nitro benzene ring substituents is 1. The average molecular weight is 627 g/mol. The topological polar surface area (TPSA) is 128 Å². The summed E-state index contributed by atoms with van der Waals surface area (Å²) in [4.78, 5) is 48.2. The molecule has 1 N–H and O–H groups in total. The minimum atomic E-state index is -4.83. The van der Waals surface area contributed by atoms with Gasteiger partial charge in [0.15, 0.2) is 29.0 Å². The van der Waals surface area contributed by atoms with Gasteiger partial charge in [-0.15, -0.1) is 0 Å². The van der Waals surface area contributed by atoms with E-state index in [0.717, 1.165) is 12.1 Å². The van der Waals surface area contributed by atoms with E-state index in [4.69, 9.17) is 9.47 Å². The molecule has 43 heavy (non-hydrogen) atoms. The van der Waals surface area contributed by atoms with Gasteiger partial charge in [0, 0.05) is 6.07 Å². The molecule has 3 aromatic carbocycles. The predicted molar refractivity (Wildman–Crippen MR) is 139 cm³/mol. The van der Waals surface area contributed by atoms with Gasteiger partial charge in [-0.2, -0.15) is 13.2 Å². The first-order valence-electron chi connectivity index (χ1n) is 11.6. The van der Waals surface area contributed by atoms with Crippen LogP contribution in [0.15, 0.2) is 53.4 Å². The Bertz CT molecular complexity index is 1700. The molecule has 17 heteroatoms. The first kappa shape index (κ1) is 30.9. The van der Waals surface area contributed by atoms with Crippen molar-refractivity contribution in [2.24, 2.45) is 0 Å². The van der Waals surface area contributed by atoms with Gasteiger partial charge in [0.05, 0.1) is 28.2 Å². The summed E-state index contributed by atoms with van der Waals surface area (Å²) in [6.07, 6.45) is -3.59. The van der Waals surface area contributed by atoms with Crippen molar-refractivity contribution < 1.29 is 55.1 Å². The fourth-order valence-electron chi connectivity index (χ4n) is 3.64. The van der Waals surface area contributed by atoms with Gasteiger partial charge in [-0.3, -0.25) is 29.4 Å². The number of alkyl halides is 3. The first-order valence-corrected chi connectivity index (χ1v) is 12.4. The van der Waals surface area contributed by atoms with Crippen molar-refractivity contribution in [1.29, 1.82) is 0 Å². The number of benzene rings is 3. The lowest BCUT2D eigenvalue weighted by Crippen LogP contribution is -2.36. The summed E-state index contributed by atoms with van der Waals surface area (Å²) in [5, 5.41) is 12.4. The molecule has 1 saturated heterocycles. The maximum absolute atomic E-state index is 13.8. The molecule has 0 spiro atoms. The highest BCUT2D eigenvalue weighted by atomic mass is 32.2. The van der Waals surface area contributed by atoms with Crippen molar-refractivity contribution in [2.75, 3.05) is 19.0 Å². The number of nitro groups is 1. The number of nitrogens with one attached hydrogen (secondary N) is 1. The largest absolute Gasteiger partial charge is 0.493 e. The van der Waals surface area contributed by atoms with E-state index in [-0.39, 0.29) is 22.0 Å². The van der Waals surface area contributed by atoms with Crippen molar-refractivity contribution in [3.63, 3.8) is 0 Å². The molecule has 0 atom stereocenters. The van der Waals surface area contributed by atoms with Crippen LogP contribution in [-0.4, -0.2) is 40.5 Å². The number of carbonyl (C=O) groups is 3. The van der Waals surface area contributed by atoms with Gasteiger partial charge in [0.1, 0.15) is 6.54 Å². The number of ether oxygens (including phenoxy) is 2. The third-order valence-electron chi connectivity index (χ3n) is 5.67. The number of rotatable bonds is 8. The number of thioether (sulfide) groups is 1. The monoisotopic (exact) mass is 627 g/mol. The van der Waals surface area contributed by atoms with Crippen LogP contribution < -0.4 is 14.8 Å². The third kappa shape index (κ3) is 6.72. The summed E-state index contributed by atoms with van der Waals surface area (Å²) in [7, 11) is 1.20. The number of halogens is 6. The SMILES string of the molecule is COc1cc(/C=C2/SC(=O)N(CC(=O)Nc3ccc(F)c(F)c3F)C2=O)ccc1Oc1ccc(C(F)(F)F)cc1[N+](=O)[O-]. The minimum Gasteiger partial charge on any atom is -0.493 e. The molecule has 0 aromatic heterocycles. The molecule has 1 aliphatic heterocycles. The van der Waals surface area contributed by atoms with Crippen LogP contribution in [0.25, 0.3) is 6.08 Å². The summed E-state index contributed by atoms with van der Waals surface area (Å²) < 4.78 is 90.0. The van der Waals surface area contributed by atoms with Gasteiger partial charge in [0.25, 0.3) is 11.1 Å². The van der Waals surface area contributed by atoms with Crippen LogP contribution >= 0.6 is 11.8 Å². The van der Waals surface area contributed by atoms with E-state index >= 15 is 0 Å². The Balaban J connectivity index is 1.51. The number of amides is 3. The highest BCUT2D eigenvalue weighted by molar-refractivity contribution is 8.18. The number of hydrogen-bond acceptors (Lipinski definition) is 8. The molecule has 0 radical (unpaired) electrons. The molecular weight excluding hydrogens is 612 g/mol. The Morgan fingerprint density at radius 2 is 1.72 bits per heavy atom. The van der Waals surface area contributed by atoms with Gasteiger partial charge < -0.3 is 14.8 Å². The quantitative estimate of drug-likeness (QED) is 0.0985. The molecule has 1 fully saturated rings. The zero-order valence-corrected chi connectivity index (χ0v) is 22.1. The van der Waals surface area contributed by atoms with Gasteiger partial charge in [-0.25, -0.2) is 13.2 Å². The molecule has 3 aromatic rings. The van der Waals surface area contributed by atoms with E-state index in [2.05, 4.69) is 0 Å². The first-order chi connectivity index (χ1) is 20.2.